The molecule has 0 spiro atoms. The Bertz CT molecular complexity index is 91.5. The highest BCUT2D eigenvalue weighted by Gasteiger charge is 1.48. The molecule has 0 rings (SSSR count). The first-order valence-corrected chi connectivity index (χ1v) is 3.91. The van der Waals surface area contributed by atoms with Crippen molar-refractivity contribution in [3.63, 3.8) is 0 Å². The van der Waals surface area contributed by atoms with Crippen LogP contribution < -0.4 is 0 Å². The maximum Gasteiger partial charge on any atom is -0.0375 e. The lowest BCUT2D eigenvalue weighted by Gasteiger charge is -2.01. The molecule has 0 atom stereocenters. The topological polar surface area (TPSA) is 0 Å². The van der Waals surface area contributed by atoms with E-state index in [-0.39, 0.29) is 0 Å². The predicted octanol–water partition coefficient (Wildman–Crippen LogP) is 1.23. The van der Waals surface area contributed by atoms with Crippen molar-refractivity contribution in [1.82, 2.24) is 0 Å². The first-order chi connectivity index (χ1) is 2.81. The molecule has 0 unspecified atom stereocenters. The zero-order chi connectivity index (χ0) is 4.99. The highest BCUT2D eigenvalue weighted by atomic mass is 32.2. The van der Waals surface area contributed by atoms with Gasteiger partial charge in [-0.05, 0) is 6.92 Å². The lowest BCUT2D eigenvalue weighted by Crippen LogP contribution is -1.80. The van der Waals surface area contributed by atoms with E-state index in [0.717, 1.165) is 0 Å². The molecule has 0 amide bonds. The highest BCUT2D eigenvalue weighted by Crippen LogP contribution is 1.68. The highest BCUT2D eigenvalue weighted by molar-refractivity contribution is 7.85. The molecule has 0 saturated heterocycles. The minimum atomic E-state index is 0.466. The molecule has 0 aliphatic rings. The molecule has 0 N–H and O–H groups in total. The average Bonchev–Trinajstić information content (AvgIpc) is 1.65. The minimum absolute atomic E-state index is 0.466. The van der Waals surface area contributed by atoms with Gasteiger partial charge < -0.3 is 15.5 Å². The zero-order valence-electron chi connectivity index (χ0n) is 4.62. The summed E-state index contributed by atoms with van der Waals surface area (Å²) in [6, 6.07) is 0. The molecule has 0 nitrogen and oxygen atoms in total. The average molecular weight is 103 g/mol. The monoisotopic (exact) mass is 103 g/mol. The van der Waals surface area contributed by atoms with Gasteiger partial charge in [0, 0.05) is 0 Å². The van der Waals surface area contributed by atoms with E-state index in [2.05, 4.69) is 18.4 Å². The van der Waals surface area contributed by atoms with Crippen LogP contribution in [0, 0.1) is 5.18 Å². The van der Waals surface area contributed by atoms with Crippen molar-refractivity contribution in [3.8, 4) is 5.18 Å². The van der Waals surface area contributed by atoms with Crippen molar-refractivity contribution in [2.45, 2.75) is 13.8 Å². The molecule has 38 valence electrons. The van der Waals surface area contributed by atoms with Gasteiger partial charge in [-0.25, -0.2) is 0 Å². The van der Waals surface area contributed by atoms with Gasteiger partial charge in [-0.1, -0.05) is 6.92 Å². The van der Waals surface area contributed by atoms with E-state index >= 15 is 0 Å². The Morgan fingerprint density at radius 2 is 2.17 bits per heavy atom. The second-order valence-electron chi connectivity index (χ2n) is 1.13. The molecular formula is C5H11S-. The van der Waals surface area contributed by atoms with E-state index in [4.69, 9.17) is 0 Å². The molecule has 0 fully saturated rings. The summed E-state index contributed by atoms with van der Waals surface area (Å²) in [5, 5.41) is 3.14. The molecule has 0 aromatic rings. The Kier molecular flexibility index (Phi) is 3.40. The second-order valence-corrected chi connectivity index (χ2v) is 3.39. The summed E-state index contributed by atoms with van der Waals surface area (Å²) < 4.78 is 0. The van der Waals surface area contributed by atoms with Crippen LogP contribution in [0.5, 0.6) is 0 Å². The third-order valence-electron chi connectivity index (χ3n) is 0.781. The third kappa shape index (κ3) is 2.37. The lowest BCUT2D eigenvalue weighted by atomic mass is 11.0. The first-order valence-electron chi connectivity index (χ1n) is 2.11. The van der Waals surface area contributed by atoms with Crippen LogP contribution in [-0.4, -0.2) is 12.0 Å². The molecular weight excluding hydrogens is 92.1 g/mol. The fraction of sp³-hybridized carbons (Fsp3) is 0.800. The van der Waals surface area contributed by atoms with Crippen molar-refractivity contribution in [3.05, 3.63) is 0 Å². The SMILES string of the molecule is CC#[S-](C)CC. The predicted molar refractivity (Wildman–Crippen MR) is 33.4 cm³/mol. The van der Waals surface area contributed by atoms with Crippen LogP contribution in [-0.2, 0) is 10.3 Å². The third-order valence-corrected chi connectivity index (χ3v) is 2.34. The molecule has 0 aromatic heterocycles. The van der Waals surface area contributed by atoms with Gasteiger partial charge in [0.25, 0.3) is 0 Å². The fourth-order valence-corrected chi connectivity index (χ4v) is 0.433. The maximum absolute atomic E-state index is 3.14. The van der Waals surface area contributed by atoms with Crippen LogP contribution in [0.15, 0.2) is 0 Å². The van der Waals surface area contributed by atoms with Crippen LogP contribution in [0.25, 0.3) is 0 Å². The van der Waals surface area contributed by atoms with E-state index in [1.165, 1.54) is 5.75 Å². The van der Waals surface area contributed by atoms with Crippen LogP contribution in [0.3, 0.4) is 0 Å². The standard InChI is InChI=1S/C5H11S/c1-4-6(3)5-2/h4H2,1-3H3/q-1. The van der Waals surface area contributed by atoms with Gasteiger partial charge in [-0.2, -0.15) is 0 Å². The van der Waals surface area contributed by atoms with E-state index in [1.54, 1.807) is 0 Å². The molecule has 0 radical (unpaired) electrons. The Morgan fingerprint density at radius 3 is 2.17 bits per heavy atom. The van der Waals surface area contributed by atoms with E-state index in [1.807, 2.05) is 6.92 Å². The van der Waals surface area contributed by atoms with Gasteiger partial charge in [-0.15, -0.1) is 12.0 Å². The Labute approximate surface area is 42.1 Å². The zero-order valence-corrected chi connectivity index (χ0v) is 5.43. The molecule has 6 heavy (non-hydrogen) atoms. The summed E-state index contributed by atoms with van der Waals surface area (Å²) in [5.41, 5.74) is 0. The molecule has 0 heterocycles. The summed E-state index contributed by atoms with van der Waals surface area (Å²) >= 11 is 0. The van der Waals surface area contributed by atoms with Crippen LogP contribution >= 0.6 is 0 Å². The van der Waals surface area contributed by atoms with Gasteiger partial charge in [0.15, 0.2) is 0 Å². The van der Waals surface area contributed by atoms with Crippen molar-refractivity contribution in [2.75, 3.05) is 12.0 Å². The van der Waals surface area contributed by atoms with Crippen molar-refractivity contribution in [1.29, 1.82) is 0 Å². The van der Waals surface area contributed by atoms with Crippen LogP contribution in [0.2, 0.25) is 0 Å². The summed E-state index contributed by atoms with van der Waals surface area (Å²) in [6.45, 7) is 4.17. The maximum atomic E-state index is 3.14. The number of hydrogen-bond acceptors (Lipinski definition) is 1. The van der Waals surface area contributed by atoms with Crippen molar-refractivity contribution in [2.24, 2.45) is 0 Å². The van der Waals surface area contributed by atoms with E-state index < -0.39 is 0 Å². The Hall–Kier alpha value is 0.130. The summed E-state index contributed by atoms with van der Waals surface area (Å²) in [4.78, 5) is 0. The first kappa shape index (κ1) is 6.13. The summed E-state index contributed by atoms with van der Waals surface area (Å²) in [6.07, 6.45) is 2.19. The van der Waals surface area contributed by atoms with E-state index in [9.17, 15) is 0 Å². The second kappa shape index (κ2) is 3.32. The van der Waals surface area contributed by atoms with Gasteiger partial charge in [0.1, 0.15) is 0 Å². The molecule has 0 aliphatic heterocycles. The summed E-state index contributed by atoms with van der Waals surface area (Å²) in [5.74, 6) is 1.25. The minimum Gasteiger partial charge on any atom is -0.457 e. The smallest absolute Gasteiger partial charge is 0.0375 e. The molecule has 0 aromatic carbocycles. The van der Waals surface area contributed by atoms with Gasteiger partial charge in [-0.3, -0.25) is 0 Å². The largest absolute Gasteiger partial charge is 0.457 e. The Balaban J connectivity index is 3.42. The fourth-order valence-electron chi connectivity index (χ4n) is 0.144. The van der Waals surface area contributed by atoms with Gasteiger partial charge >= 0.3 is 0 Å². The van der Waals surface area contributed by atoms with Gasteiger partial charge in [0.05, 0.1) is 0 Å². The number of hydrogen-bond donors (Lipinski definition) is 0. The van der Waals surface area contributed by atoms with Gasteiger partial charge in [0.2, 0.25) is 0 Å². The molecule has 0 saturated carbocycles. The molecule has 1 heteroatoms. The number of rotatable bonds is 0. The van der Waals surface area contributed by atoms with Crippen molar-refractivity contribution >= 4 is 10.3 Å². The summed E-state index contributed by atoms with van der Waals surface area (Å²) in [7, 11) is 0.466. The van der Waals surface area contributed by atoms with E-state index in [0.29, 0.717) is 10.3 Å². The normalized spacial score (nSPS) is 8.67. The quantitative estimate of drug-likeness (QED) is 0.405. The molecule has 0 bridgehead atoms. The van der Waals surface area contributed by atoms with Crippen LogP contribution in [0.4, 0.5) is 0 Å². The van der Waals surface area contributed by atoms with Crippen LogP contribution in [0.1, 0.15) is 13.8 Å². The Morgan fingerprint density at radius 1 is 1.67 bits per heavy atom. The lowest BCUT2D eigenvalue weighted by molar-refractivity contribution is 1.52. The van der Waals surface area contributed by atoms with Crippen molar-refractivity contribution < 1.29 is 0 Å². The molecule has 0 aliphatic carbocycles.